The Kier molecular flexibility index (Phi) is 3.66. The normalized spacial score (nSPS) is 13.7. The summed E-state index contributed by atoms with van der Waals surface area (Å²) < 4.78 is 0. The molecule has 0 saturated carbocycles. The van der Waals surface area contributed by atoms with Gasteiger partial charge in [0.05, 0.1) is 0 Å². The largest absolute Gasteiger partial charge is 0.176 e. The fourth-order valence-corrected chi connectivity index (χ4v) is 0.100. The quantitative estimate of drug-likeness (QED) is 0.415. The molecule has 1 unspecified atom stereocenters. The zero-order valence-corrected chi connectivity index (χ0v) is 4.82. The lowest BCUT2D eigenvalue weighted by Crippen LogP contribution is -1.90. The molecule has 0 heterocycles. The highest BCUT2D eigenvalue weighted by Gasteiger charge is 1.92. The van der Waals surface area contributed by atoms with Crippen LogP contribution >= 0.6 is 25.3 Å². The first-order valence-electron chi connectivity index (χ1n) is 1.42. The van der Waals surface area contributed by atoms with Gasteiger partial charge in [0.15, 0.2) is 0 Å². The van der Waals surface area contributed by atoms with Crippen LogP contribution in [0, 0.1) is 4.91 Å². The van der Waals surface area contributed by atoms with Crippen LogP contribution < -0.4 is 0 Å². The summed E-state index contributed by atoms with van der Waals surface area (Å²) in [6.45, 7) is 0. The maximum absolute atomic E-state index is 9.36. The van der Waals surface area contributed by atoms with Crippen molar-refractivity contribution >= 4 is 25.3 Å². The number of thiol groups is 2. The van der Waals surface area contributed by atoms with Crippen molar-refractivity contribution in [3.63, 3.8) is 0 Å². The fraction of sp³-hybridized carbons (Fsp3) is 1.00. The van der Waals surface area contributed by atoms with Gasteiger partial charge in [-0.3, -0.25) is 0 Å². The lowest BCUT2D eigenvalue weighted by molar-refractivity contribution is 1.06. The van der Waals surface area contributed by atoms with E-state index >= 15 is 0 Å². The van der Waals surface area contributed by atoms with Gasteiger partial charge in [-0.1, -0.05) is 5.18 Å². The lowest BCUT2D eigenvalue weighted by atomic mass is 10.8. The third-order valence-corrected chi connectivity index (χ3v) is 1.20. The van der Waals surface area contributed by atoms with Gasteiger partial charge in [0.1, 0.15) is 5.37 Å². The molecule has 0 aliphatic heterocycles. The number of hydrogen-bond donors (Lipinski definition) is 2. The van der Waals surface area contributed by atoms with Crippen molar-refractivity contribution in [3.05, 3.63) is 4.91 Å². The predicted molar refractivity (Wildman–Crippen MR) is 32.4 cm³/mol. The van der Waals surface area contributed by atoms with E-state index in [1.807, 2.05) is 0 Å². The molecule has 0 radical (unpaired) electrons. The van der Waals surface area contributed by atoms with Gasteiger partial charge in [-0.15, -0.1) is 17.5 Å². The maximum atomic E-state index is 9.36. The Morgan fingerprint density at radius 3 is 2.33 bits per heavy atom. The van der Waals surface area contributed by atoms with Crippen LogP contribution in [0.4, 0.5) is 0 Å². The Morgan fingerprint density at radius 2 is 2.33 bits per heavy atom. The van der Waals surface area contributed by atoms with Crippen molar-refractivity contribution in [1.29, 1.82) is 0 Å². The molecule has 0 aliphatic carbocycles. The molecule has 0 spiro atoms. The van der Waals surface area contributed by atoms with Crippen LogP contribution in [0.5, 0.6) is 0 Å². The Hall–Kier alpha value is 0.300. The van der Waals surface area contributed by atoms with E-state index in [-0.39, 0.29) is 0 Å². The van der Waals surface area contributed by atoms with Gasteiger partial charge in [-0.05, 0) is 0 Å². The van der Waals surface area contributed by atoms with Crippen molar-refractivity contribution in [2.75, 3.05) is 5.75 Å². The van der Waals surface area contributed by atoms with Gasteiger partial charge >= 0.3 is 0 Å². The minimum atomic E-state index is -0.437. The van der Waals surface area contributed by atoms with E-state index in [1.54, 1.807) is 0 Å². The van der Waals surface area contributed by atoms with Crippen molar-refractivity contribution in [2.45, 2.75) is 5.37 Å². The molecule has 0 bridgehead atoms. The molecule has 0 saturated heterocycles. The molecule has 4 heteroatoms. The van der Waals surface area contributed by atoms with Crippen molar-refractivity contribution in [2.24, 2.45) is 5.18 Å². The minimum absolute atomic E-state index is 0.409. The second kappa shape index (κ2) is 3.49. The molecule has 0 aromatic rings. The summed E-state index contributed by atoms with van der Waals surface area (Å²) in [7, 11) is 0. The third kappa shape index (κ3) is 2.53. The fourth-order valence-electron chi connectivity index (χ4n) is 0.0333. The molecule has 0 aromatic heterocycles. The zero-order chi connectivity index (χ0) is 4.99. The first-order chi connectivity index (χ1) is 2.81. The van der Waals surface area contributed by atoms with E-state index in [0.717, 1.165) is 0 Å². The minimum Gasteiger partial charge on any atom is -0.176 e. The van der Waals surface area contributed by atoms with Crippen molar-refractivity contribution in [1.82, 2.24) is 0 Å². The molecule has 0 aromatic carbocycles. The highest BCUT2D eigenvalue weighted by atomic mass is 32.1. The number of rotatable bonds is 2. The van der Waals surface area contributed by atoms with Crippen molar-refractivity contribution in [3.8, 4) is 0 Å². The van der Waals surface area contributed by atoms with E-state index in [2.05, 4.69) is 30.4 Å². The summed E-state index contributed by atoms with van der Waals surface area (Å²) in [6.07, 6.45) is 0. The molecule has 0 rings (SSSR count). The first-order valence-corrected chi connectivity index (χ1v) is 2.57. The van der Waals surface area contributed by atoms with E-state index < -0.39 is 5.37 Å². The molecule has 36 valence electrons. The van der Waals surface area contributed by atoms with Crippen LogP contribution in [0.1, 0.15) is 0 Å². The molecule has 6 heavy (non-hydrogen) atoms. The smallest absolute Gasteiger partial charge is 0.143 e. The third-order valence-electron chi connectivity index (χ3n) is 0.285. The van der Waals surface area contributed by atoms with Gasteiger partial charge in [0, 0.05) is 5.75 Å². The molecule has 0 N–H and O–H groups in total. The topological polar surface area (TPSA) is 29.4 Å². The molecule has 1 atom stereocenters. The van der Waals surface area contributed by atoms with Gasteiger partial charge in [-0.25, -0.2) is 0 Å². The van der Waals surface area contributed by atoms with Crippen LogP contribution in [0.2, 0.25) is 0 Å². The van der Waals surface area contributed by atoms with E-state index in [9.17, 15) is 4.91 Å². The van der Waals surface area contributed by atoms with Gasteiger partial charge in [0.2, 0.25) is 0 Å². The molecular weight excluding hydrogens is 118 g/mol. The summed E-state index contributed by atoms with van der Waals surface area (Å²) in [6, 6.07) is 0. The van der Waals surface area contributed by atoms with Gasteiger partial charge in [0.25, 0.3) is 0 Å². The highest BCUT2D eigenvalue weighted by Crippen LogP contribution is 1.95. The monoisotopic (exact) mass is 123 g/mol. The van der Waals surface area contributed by atoms with E-state index in [1.165, 1.54) is 0 Å². The summed E-state index contributed by atoms with van der Waals surface area (Å²) >= 11 is 7.40. The standard InChI is InChI=1S/C2H5NOS2/c4-3-2(6)1-5/h2,5-6H,1H2. The summed E-state index contributed by atoms with van der Waals surface area (Å²) in [5.41, 5.74) is 0. The van der Waals surface area contributed by atoms with Crippen LogP contribution in [0.15, 0.2) is 5.18 Å². The number of hydrogen-bond acceptors (Lipinski definition) is 4. The van der Waals surface area contributed by atoms with Gasteiger partial charge < -0.3 is 0 Å². The van der Waals surface area contributed by atoms with Crippen LogP contribution in [0.25, 0.3) is 0 Å². The highest BCUT2D eigenvalue weighted by molar-refractivity contribution is 7.84. The van der Waals surface area contributed by atoms with E-state index in [4.69, 9.17) is 0 Å². The Bertz CT molecular complexity index is 48.8. The molecule has 0 amide bonds. The lowest BCUT2D eigenvalue weighted by Gasteiger charge is -1.87. The molecule has 2 nitrogen and oxygen atoms in total. The van der Waals surface area contributed by atoms with Crippen molar-refractivity contribution < 1.29 is 0 Å². The summed E-state index contributed by atoms with van der Waals surface area (Å²) in [5.74, 6) is 0.409. The zero-order valence-electron chi connectivity index (χ0n) is 3.03. The number of nitrogens with zero attached hydrogens (tertiary/aromatic N) is 1. The van der Waals surface area contributed by atoms with Gasteiger partial charge in [-0.2, -0.15) is 12.6 Å². The Morgan fingerprint density at radius 1 is 1.83 bits per heavy atom. The van der Waals surface area contributed by atoms with Crippen LogP contribution in [-0.2, 0) is 0 Å². The van der Waals surface area contributed by atoms with Crippen LogP contribution in [0.3, 0.4) is 0 Å². The van der Waals surface area contributed by atoms with E-state index in [0.29, 0.717) is 5.75 Å². The summed E-state index contributed by atoms with van der Waals surface area (Å²) in [5, 5.41) is 2.11. The molecular formula is C2H5NOS2. The average Bonchev–Trinajstić information content (AvgIpc) is 1.65. The average molecular weight is 123 g/mol. The predicted octanol–water partition coefficient (Wildman–Crippen LogP) is 0.938. The summed E-state index contributed by atoms with van der Waals surface area (Å²) in [4.78, 5) is 9.36. The second-order valence-electron chi connectivity index (χ2n) is 0.769. The molecule has 0 aliphatic rings. The second-order valence-corrected chi connectivity index (χ2v) is 1.73. The SMILES string of the molecule is O=NC(S)CS. The molecule has 0 fully saturated rings. The maximum Gasteiger partial charge on any atom is 0.143 e. The first kappa shape index (κ1) is 6.30. The number of nitroso groups, excluding NO2 is 1. The Labute approximate surface area is 47.1 Å². The van der Waals surface area contributed by atoms with Crippen LogP contribution in [-0.4, -0.2) is 11.1 Å². The Balaban J connectivity index is 2.96.